The number of carbonyl (C=O) groups excluding carboxylic acids is 1. The van der Waals surface area contributed by atoms with Crippen molar-refractivity contribution in [1.82, 2.24) is 10.6 Å². The molecule has 0 bridgehead atoms. The van der Waals surface area contributed by atoms with Gasteiger partial charge in [0.05, 0.1) is 0 Å². The van der Waals surface area contributed by atoms with Crippen LogP contribution >= 0.6 is 0 Å². The van der Waals surface area contributed by atoms with E-state index in [1.807, 2.05) is 18.2 Å². The molecule has 2 heterocycles. The zero-order chi connectivity index (χ0) is 12.6. The molecule has 2 aliphatic rings. The Morgan fingerprint density at radius 3 is 2.44 bits per heavy atom. The van der Waals surface area contributed by atoms with E-state index in [-0.39, 0.29) is 5.91 Å². The maximum Gasteiger partial charge on any atom is 0.243 e. The predicted octanol–water partition coefficient (Wildman–Crippen LogP) is 0.0209. The van der Waals surface area contributed by atoms with Gasteiger partial charge in [-0.15, -0.1) is 0 Å². The molecule has 1 unspecified atom stereocenters. The number of hydrogen-bond acceptors (Lipinski definition) is 4. The minimum atomic E-state index is -0.902. The van der Waals surface area contributed by atoms with Crippen LogP contribution in [0.4, 0.5) is 5.69 Å². The molecule has 2 fully saturated rings. The third-order valence-electron chi connectivity index (χ3n) is 3.85. The number of rotatable bonds is 1. The van der Waals surface area contributed by atoms with Gasteiger partial charge in [-0.3, -0.25) is 10.1 Å². The molecule has 1 spiro atoms. The van der Waals surface area contributed by atoms with Gasteiger partial charge in [0.15, 0.2) is 6.35 Å². The number of hydrogen-bond donors (Lipinski definition) is 3. The minimum Gasteiger partial charge on any atom is -0.371 e. The van der Waals surface area contributed by atoms with E-state index in [0.717, 1.165) is 13.1 Å². The lowest BCUT2D eigenvalue weighted by molar-refractivity contribution is -0.125. The second kappa shape index (κ2) is 4.26. The maximum atomic E-state index is 11.9. The van der Waals surface area contributed by atoms with E-state index in [2.05, 4.69) is 27.7 Å². The van der Waals surface area contributed by atoms with Crippen LogP contribution in [-0.2, 0) is 4.79 Å². The number of carbonyl (C=O) groups is 1. The molecular weight excluding hydrogens is 230 g/mol. The summed E-state index contributed by atoms with van der Waals surface area (Å²) in [6.07, 6.45) is 0.524. The molecule has 5 heteroatoms. The molecule has 3 N–H and O–H groups in total. The highest BCUT2D eigenvalue weighted by Crippen LogP contribution is 2.28. The van der Waals surface area contributed by atoms with Crippen LogP contribution in [0.1, 0.15) is 12.8 Å². The van der Waals surface area contributed by atoms with Crippen molar-refractivity contribution in [1.29, 1.82) is 0 Å². The molecule has 96 valence electrons. The molecule has 3 rings (SSSR count). The van der Waals surface area contributed by atoms with Crippen LogP contribution in [0.3, 0.4) is 0 Å². The monoisotopic (exact) mass is 247 g/mol. The third kappa shape index (κ3) is 1.85. The van der Waals surface area contributed by atoms with Crippen LogP contribution in [0.5, 0.6) is 0 Å². The van der Waals surface area contributed by atoms with Gasteiger partial charge in [-0.05, 0) is 25.0 Å². The Morgan fingerprint density at radius 1 is 1.22 bits per heavy atom. The van der Waals surface area contributed by atoms with Gasteiger partial charge in [-0.25, -0.2) is 0 Å². The van der Waals surface area contributed by atoms with Gasteiger partial charge in [0, 0.05) is 18.8 Å². The van der Waals surface area contributed by atoms with E-state index in [1.165, 1.54) is 5.69 Å². The molecule has 0 radical (unpaired) electrons. The van der Waals surface area contributed by atoms with E-state index in [0.29, 0.717) is 12.8 Å². The lowest BCUT2D eigenvalue weighted by atomic mass is 9.87. The van der Waals surface area contributed by atoms with Crippen LogP contribution < -0.4 is 15.5 Å². The first kappa shape index (κ1) is 11.5. The standard InChI is InChI=1S/C13H17N3O2/c17-11-13(15-12(18)14-11)6-8-16(9-7-13)10-4-2-1-3-5-10/h1-5,12,15,18H,6-9H2,(H,14,17). The number of aliphatic hydroxyl groups is 1. The highest BCUT2D eigenvalue weighted by Gasteiger charge is 2.47. The molecule has 1 aromatic carbocycles. The number of piperidine rings is 1. The molecule has 0 saturated carbocycles. The highest BCUT2D eigenvalue weighted by molar-refractivity contribution is 5.88. The van der Waals surface area contributed by atoms with Crippen molar-refractivity contribution in [3.63, 3.8) is 0 Å². The van der Waals surface area contributed by atoms with Crippen molar-refractivity contribution in [2.75, 3.05) is 18.0 Å². The molecule has 2 aliphatic heterocycles. The van der Waals surface area contributed by atoms with Gasteiger partial charge in [0.25, 0.3) is 0 Å². The van der Waals surface area contributed by atoms with Gasteiger partial charge in [0.2, 0.25) is 5.91 Å². The third-order valence-corrected chi connectivity index (χ3v) is 3.85. The molecule has 1 atom stereocenters. The smallest absolute Gasteiger partial charge is 0.243 e. The number of nitrogens with one attached hydrogen (secondary N) is 2. The number of amides is 1. The summed E-state index contributed by atoms with van der Waals surface area (Å²) in [4.78, 5) is 14.1. The quantitative estimate of drug-likeness (QED) is 0.654. The van der Waals surface area contributed by atoms with Crippen LogP contribution in [0.15, 0.2) is 30.3 Å². The van der Waals surface area contributed by atoms with E-state index in [4.69, 9.17) is 0 Å². The second-order valence-corrected chi connectivity index (χ2v) is 4.93. The first-order valence-corrected chi connectivity index (χ1v) is 6.26. The summed E-state index contributed by atoms with van der Waals surface area (Å²) in [5, 5.41) is 14.9. The van der Waals surface area contributed by atoms with E-state index >= 15 is 0 Å². The lowest BCUT2D eigenvalue weighted by Crippen LogP contribution is -2.55. The van der Waals surface area contributed by atoms with E-state index < -0.39 is 11.9 Å². The molecule has 18 heavy (non-hydrogen) atoms. The van der Waals surface area contributed by atoms with Crippen LogP contribution in [-0.4, -0.2) is 36.0 Å². The van der Waals surface area contributed by atoms with Crippen molar-refractivity contribution < 1.29 is 9.90 Å². The van der Waals surface area contributed by atoms with E-state index in [1.54, 1.807) is 0 Å². The summed E-state index contributed by atoms with van der Waals surface area (Å²) in [7, 11) is 0. The summed E-state index contributed by atoms with van der Waals surface area (Å²) in [5.74, 6) is -0.0808. The molecular formula is C13H17N3O2. The SMILES string of the molecule is O=C1NC(O)NC12CCN(c1ccccc1)CC2. The lowest BCUT2D eigenvalue weighted by Gasteiger charge is -2.38. The molecule has 0 aliphatic carbocycles. The largest absolute Gasteiger partial charge is 0.371 e. The van der Waals surface area contributed by atoms with Crippen molar-refractivity contribution >= 4 is 11.6 Å². The summed E-state index contributed by atoms with van der Waals surface area (Å²) >= 11 is 0. The molecule has 2 saturated heterocycles. The average molecular weight is 247 g/mol. The van der Waals surface area contributed by atoms with Crippen molar-refractivity contribution in [3.05, 3.63) is 30.3 Å². The van der Waals surface area contributed by atoms with Gasteiger partial charge in [-0.2, -0.15) is 0 Å². The van der Waals surface area contributed by atoms with Crippen LogP contribution in [0.2, 0.25) is 0 Å². The number of nitrogens with zero attached hydrogens (tertiary/aromatic N) is 1. The summed E-state index contributed by atoms with van der Waals surface area (Å²) in [6, 6.07) is 10.2. The topological polar surface area (TPSA) is 64.6 Å². The van der Waals surface area contributed by atoms with Gasteiger partial charge < -0.3 is 15.3 Å². The number of aliphatic hydroxyl groups excluding tert-OH is 1. The Kier molecular flexibility index (Phi) is 2.72. The second-order valence-electron chi connectivity index (χ2n) is 4.93. The molecule has 1 amide bonds. The van der Waals surface area contributed by atoms with Crippen LogP contribution in [0.25, 0.3) is 0 Å². The molecule has 1 aromatic rings. The summed E-state index contributed by atoms with van der Waals surface area (Å²) < 4.78 is 0. The van der Waals surface area contributed by atoms with Gasteiger partial charge in [-0.1, -0.05) is 18.2 Å². The summed E-state index contributed by atoms with van der Waals surface area (Å²) in [6.45, 7) is 1.63. The normalized spacial score (nSPS) is 26.4. The van der Waals surface area contributed by atoms with E-state index in [9.17, 15) is 9.90 Å². The van der Waals surface area contributed by atoms with Crippen molar-refractivity contribution in [2.24, 2.45) is 0 Å². The fourth-order valence-corrected chi connectivity index (χ4v) is 2.78. The molecule has 5 nitrogen and oxygen atoms in total. The number of benzene rings is 1. The number of anilines is 1. The maximum absolute atomic E-state index is 11.9. The van der Waals surface area contributed by atoms with Gasteiger partial charge in [0.1, 0.15) is 5.54 Å². The Hall–Kier alpha value is -1.59. The highest BCUT2D eigenvalue weighted by atomic mass is 16.3. The minimum absolute atomic E-state index is 0.0808. The first-order chi connectivity index (χ1) is 8.70. The van der Waals surface area contributed by atoms with Gasteiger partial charge >= 0.3 is 0 Å². The Bertz CT molecular complexity index is 441. The summed E-state index contributed by atoms with van der Waals surface area (Å²) in [5.41, 5.74) is 0.608. The van der Waals surface area contributed by atoms with Crippen LogP contribution in [0, 0.1) is 0 Å². The van der Waals surface area contributed by atoms with Crippen molar-refractivity contribution in [3.8, 4) is 0 Å². The van der Waals surface area contributed by atoms with Crippen molar-refractivity contribution in [2.45, 2.75) is 24.7 Å². The Balaban J connectivity index is 1.70. The first-order valence-electron chi connectivity index (χ1n) is 6.26. The predicted molar refractivity (Wildman–Crippen MR) is 67.9 cm³/mol. The average Bonchev–Trinajstić information content (AvgIpc) is 2.66. The number of para-hydroxylation sites is 1. The fraction of sp³-hybridized carbons (Fsp3) is 0.462. The fourth-order valence-electron chi connectivity index (χ4n) is 2.78. The Labute approximate surface area is 106 Å². The zero-order valence-electron chi connectivity index (χ0n) is 10.1. The zero-order valence-corrected chi connectivity index (χ0v) is 10.1. The molecule has 0 aromatic heterocycles. The Morgan fingerprint density at radius 2 is 1.89 bits per heavy atom.